The van der Waals surface area contributed by atoms with Gasteiger partial charge in [-0.3, -0.25) is 9.59 Å². The van der Waals surface area contributed by atoms with E-state index in [0.717, 1.165) is 16.9 Å². The second-order valence-electron chi connectivity index (χ2n) is 7.10. The highest BCUT2D eigenvalue weighted by molar-refractivity contribution is 5.88. The first-order valence-corrected chi connectivity index (χ1v) is 9.71. The minimum Gasteiger partial charge on any atom is -0.497 e. The van der Waals surface area contributed by atoms with Gasteiger partial charge in [0, 0.05) is 25.4 Å². The molecular weight excluding hydrogens is 352 g/mol. The van der Waals surface area contributed by atoms with Gasteiger partial charge in [0.2, 0.25) is 11.8 Å². The van der Waals surface area contributed by atoms with E-state index in [4.69, 9.17) is 4.74 Å². The van der Waals surface area contributed by atoms with E-state index in [9.17, 15) is 9.59 Å². The normalized spacial score (nSPS) is 11.8. The molecule has 0 spiro atoms. The second kappa shape index (κ2) is 10.5. The summed E-state index contributed by atoms with van der Waals surface area (Å²) in [7, 11) is 1.61. The predicted molar refractivity (Wildman–Crippen MR) is 111 cm³/mol. The third-order valence-corrected chi connectivity index (χ3v) is 4.49. The number of hydrogen-bond donors (Lipinski definition) is 1. The smallest absolute Gasteiger partial charge is 0.243 e. The minimum absolute atomic E-state index is 0.00108. The Morgan fingerprint density at radius 1 is 1.04 bits per heavy atom. The molecule has 0 aromatic heterocycles. The van der Waals surface area contributed by atoms with E-state index in [-0.39, 0.29) is 17.9 Å². The molecule has 2 amide bonds. The third kappa shape index (κ3) is 6.12. The fraction of sp³-hybridized carbons (Fsp3) is 0.391. The Morgan fingerprint density at radius 3 is 2.32 bits per heavy atom. The fourth-order valence-electron chi connectivity index (χ4n) is 3.11. The van der Waals surface area contributed by atoms with Gasteiger partial charge in [0.05, 0.1) is 7.11 Å². The SMILES string of the molecule is CCC(=O)N(Cc1cccc(OC)c1)C(Cc1ccccc1)C(=O)NC(C)C. The average Bonchev–Trinajstić information content (AvgIpc) is 2.70. The largest absolute Gasteiger partial charge is 0.497 e. The number of ether oxygens (including phenoxy) is 1. The molecule has 5 nitrogen and oxygen atoms in total. The Balaban J connectivity index is 2.36. The van der Waals surface area contributed by atoms with Crippen molar-refractivity contribution >= 4 is 11.8 Å². The lowest BCUT2D eigenvalue weighted by molar-refractivity contribution is -0.141. The van der Waals surface area contributed by atoms with Crippen LogP contribution in [0.15, 0.2) is 54.6 Å². The number of hydrogen-bond acceptors (Lipinski definition) is 3. The summed E-state index contributed by atoms with van der Waals surface area (Å²) in [6.07, 6.45) is 0.805. The second-order valence-corrected chi connectivity index (χ2v) is 7.10. The summed E-state index contributed by atoms with van der Waals surface area (Å²) >= 11 is 0. The molecule has 0 heterocycles. The fourth-order valence-corrected chi connectivity index (χ4v) is 3.11. The molecule has 0 aliphatic heterocycles. The van der Waals surface area contributed by atoms with Crippen LogP contribution < -0.4 is 10.1 Å². The number of rotatable bonds is 9. The molecule has 0 fully saturated rings. The lowest BCUT2D eigenvalue weighted by atomic mass is 10.0. The number of nitrogens with zero attached hydrogens (tertiary/aromatic N) is 1. The van der Waals surface area contributed by atoms with Crippen LogP contribution in [-0.2, 0) is 22.6 Å². The van der Waals surface area contributed by atoms with Crippen molar-refractivity contribution in [2.75, 3.05) is 7.11 Å². The highest BCUT2D eigenvalue weighted by Gasteiger charge is 2.29. The molecule has 28 heavy (non-hydrogen) atoms. The highest BCUT2D eigenvalue weighted by atomic mass is 16.5. The molecule has 0 aliphatic carbocycles. The number of methoxy groups -OCH3 is 1. The number of carbonyl (C=O) groups excluding carboxylic acids is 2. The van der Waals surface area contributed by atoms with Crippen LogP contribution in [0, 0.1) is 0 Å². The molecule has 2 rings (SSSR count). The first-order chi connectivity index (χ1) is 13.4. The first kappa shape index (κ1) is 21.5. The summed E-state index contributed by atoms with van der Waals surface area (Å²) in [5.41, 5.74) is 1.95. The summed E-state index contributed by atoms with van der Waals surface area (Å²) in [5.74, 6) is 0.541. The molecule has 0 saturated carbocycles. The van der Waals surface area contributed by atoms with Gasteiger partial charge in [-0.15, -0.1) is 0 Å². The topological polar surface area (TPSA) is 58.6 Å². The molecule has 0 saturated heterocycles. The highest BCUT2D eigenvalue weighted by Crippen LogP contribution is 2.19. The zero-order valence-electron chi connectivity index (χ0n) is 17.1. The Hall–Kier alpha value is -2.82. The van der Waals surface area contributed by atoms with Crippen molar-refractivity contribution in [1.29, 1.82) is 0 Å². The van der Waals surface area contributed by atoms with Crippen molar-refractivity contribution < 1.29 is 14.3 Å². The van der Waals surface area contributed by atoms with E-state index >= 15 is 0 Å². The quantitative estimate of drug-likeness (QED) is 0.721. The van der Waals surface area contributed by atoms with E-state index < -0.39 is 6.04 Å². The zero-order valence-corrected chi connectivity index (χ0v) is 17.1. The van der Waals surface area contributed by atoms with Gasteiger partial charge in [0.25, 0.3) is 0 Å². The molecule has 5 heteroatoms. The average molecular weight is 383 g/mol. The van der Waals surface area contributed by atoms with Crippen molar-refractivity contribution in [2.24, 2.45) is 0 Å². The van der Waals surface area contributed by atoms with Gasteiger partial charge in [-0.2, -0.15) is 0 Å². The van der Waals surface area contributed by atoms with Crippen molar-refractivity contribution in [3.8, 4) is 5.75 Å². The molecule has 2 aromatic rings. The van der Waals surface area contributed by atoms with Crippen molar-refractivity contribution in [2.45, 2.75) is 52.2 Å². The van der Waals surface area contributed by atoms with Gasteiger partial charge in [0.1, 0.15) is 11.8 Å². The monoisotopic (exact) mass is 382 g/mol. The summed E-state index contributed by atoms with van der Waals surface area (Å²) in [6.45, 7) is 6.02. The zero-order chi connectivity index (χ0) is 20.5. The van der Waals surface area contributed by atoms with Gasteiger partial charge in [-0.1, -0.05) is 49.4 Å². The summed E-state index contributed by atoms with van der Waals surface area (Å²) in [5, 5.41) is 2.97. The Labute approximate surface area is 167 Å². The van der Waals surface area contributed by atoms with Crippen LogP contribution in [0.25, 0.3) is 0 Å². The van der Waals surface area contributed by atoms with Crippen molar-refractivity contribution in [1.82, 2.24) is 10.2 Å². The van der Waals surface area contributed by atoms with Crippen molar-refractivity contribution in [3.63, 3.8) is 0 Å². The van der Waals surface area contributed by atoms with Gasteiger partial charge >= 0.3 is 0 Å². The summed E-state index contributed by atoms with van der Waals surface area (Å²) < 4.78 is 5.30. The molecular formula is C23H30N2O3. The summed E-state index contributed by atoms with van der Waals surface area (Å²) in [6, 6.07) is 16.8. The lowest BCUT2D eigenvalue weighted by Crippen LogP contribution is -2.51. The minimum atomic E-state index is -0.580. The standard InChI is InChI=1S/C23H30N2O3/c1-5-22(26)25(16-19-12-9-13-20(14-19)28-4)21(23(27)24-17(2)3)15-18-10-7-6-8-11-18/h6-14,17,21H,5,15-16H2,1-4H3,(H,24,27). The maximum absolute atomic E-state index is 13.0. The van der Waals surface area contributed by atoms with Crippen LogP contribution in [0.5, 0.6) is 5.75 Å². The Morgan fingerprint density at radius 2 is 1.71 bits per heavy atom. The maximum Gasteiger partial charge on any atom is 0.243 e. The lowest BCUT2D eigenvalue weighted by Gasteiger charge is -2.32. The van der Waals surface area contributed by atoms with Crippen molar-refractivity contribution in [3.05, 3.63) is 65.7 Å². The van der Waals surface area contributed by atoms with Crippen LogP contribution >= 0.6 is 0 Å². The van der Waals surface area contributed by atoms with E-state index in [1.807, 2.05) is 75.4 Å². The van der Waals surface area contributed by atoms with E-state index in [0.29, 0.717) is 19.4 Å². The molecule has 0 bridgehead atoms. The molecule has 1 unspecified atom stereocenters. The van der Waals surface area contributed by atoms with Gasteiger partial charge in [0.15, 0.2) is 0 Å². The molecule has 150 valence electrons. The molecule has 0 aliphatic rings. The number of carbonyl (C=O) groups is 2. The number of amides is 2. The van der Waals surface area contributed by atoms with E-state index in [1.165, 1.54) is 0 Å². The van der Waals surface area contributed by atoms with E-state index in [2.05, 4.69) is 5.32 Å². The van der Waals surface area contributed by atoms with E-state index in [1.54, 1.807) is 12.0 Å². The van der Waals surface area contributed by atoms with Crippen LogP contribution in [0.3, 0.4) is 0 Å². The number of benzene rings is 2. The predicted octanol–water partition coefficient (Wildman–Crippen LogP) is 3.57. The first-order valence-electron chi connectivity index (χ1n) is 9.71. The van der Waals surface area contributed by atoms with Gasteiger partial charge in [-0.25, -0.2) is 0 Å². The van der Waals surface area contributed by atoms with Crippen LogP contribution in [0.1, 0.15) is 38.3 Å². The van der Waals surface area contributed by atoms with Gasteiger partial charge < -0.3 is 15.0 Å². The van der Waals surface area contributed by atoms with Crippen LogP contribution in [0.4, 0.5) is 0 Å². The molecule has 0 radical (unpaired) electrons. The third-order valence-electron chi connectivity index (χ3n) is 4.49. The summed E-state index contributed by atoms with van der Waals surface area (Å²) in [4.78, 5) is 27.5. The Kier molecular flexibility index (Phi) is 8.05. The Bertz CT molecular complexity index is 774. The molecule has 2 aromatic carbocycles. The van der Waals surface area contributed by atoms with Crippen LogP contribution in [-0.4, -0.2) is 35.9 Å². The maximum atomic E-state index is 13.0. The van der Waals surface area contributed by atoms with Crippen LogP contribution in [0.2, 0.25) is 0 Å². The number of nitrogens with one attached hydrogen (secondary N) is 1. The molecule has 1 N–H and O–H groups in total. The molecule has 1 atom stereocenters. The van der Waals surface area contributed by atoms with Gasteiger partial charge in [-0.05, 0) is 37.1 Å².